The van der Waals surface area contributed by atoms with E-state index >= 15 is 0 Å². The van der Waals surface area contributed by atoms with E-state index in [2.05, 4.69) is 44.0 Å². The van der Waals surface area contributed by atoms with Gasteiger partial charge in [-0.25, -0.2) is 0 Å². The molecule has 0 aliphatic carbocycles. The Morgan fingerprint density at radius 1 is 1.56 bits per heavy atom. The fourth-order valence-corrected chi connectivity index (χ4v) is 3.08. The summed E-state index contributed by atoms with van der Waals surface area (Å²) in [5.41, 5.74) is 2.40. The Morgan fingerprint density at radius 2 is 2.38 bits per heavy atom. The molecule has 0 bridgehead atoms. The molecule has 0 atom stereocenters. The topological polar surface area (TPSA) is 29.9 Å². The van der Waals surface area contributed by atoms with Crippen molar-refractivity contribution in [2.24, 2.45) is 7.05 Å². The van der Waals surface area contributed by atoms with Gasteiger partial charge in [0.25, 0.3) is 0 Å². The molecule has 0 aliphatic rings. The summed E-state index contributed by atoms with van der Waals surface area (Å²) in [6, 6.07) is 2.14. The molecule has 16 heavy (non-hydrogen) atoms. The minimum absolute atomic E-state index is 0.955. The fraction of sp³-hybridized carbons (Fsp3) is 0.364. The lowest BCUT2D eigenvalue weighted by molar-refractivity contribution is 0.717. The third-order valence-corrected chi connectivity index (χ3v) is 4.07. The molecule has 0 spiro atoms. The predicted octanol–water partition coefficient (Wildman–Crippen LogP) is 2.67. The van der Waals surface area contributed by atoms with Crippen molar-refractivity contribution in [3.05, 3.63) is 27.8 Å². The van der Waals surface area contributed by atoms with Crippen LogP contribution >= 0.6 is 27.3 Å². The van der Waals surface area contributed by atoms with Gasteiger partial charge in [-0.2, -0.15) is 5.10 Å². The van der Waals surface area contributed by atoms with Gasteiger partial charge in [0.2, 0.25) is 0 Å². The molecule has 2 aromatic heterocycles. The van der Waals surface area contributed by atoms with Gasteiger partial charge >= 0.3 is 0 Å². The molecule has 1 N–H and O–H groups in total. The molecular formula is C11H14BrN3S. The number of nitrogens with one attached hydrogen (secondary N) is 1. The van der Waals surface area contributed by atoms with Gasteiger partial charge in [0.1, 0.15) is 0 Å². The van der Waals surface area contributed by atoms with Gasteiger partial charge in [-0.15, -0.1) is 11.3 Å². The average Bonchev–Trinajstić information content (AvgIpc) is 2.81. The van der Waals surface area contributed by atoms with E-state index in [1.807, 2.05) is 18.8 Å². The number of halogens is 1. The van der Waals surface area contributed by atoms with Gasteiger partial charge in [0.05, 0.1) is 5.69 Å². The first-order valence-electron chi connectivity index (χ1n) is 5.12. The molecule has 2 rings (SSSR count). The molecule has 0 saturated carbocycles. The van der Waals surface area contributed by atoms with E-state index in [1.165, 1.54) is 10.4 Å². The lowest BCUT2D eigenvalue weighted by Crippen LogP contribution is -2.11. The molecule has 2 heterocycles. The third-order valence-electron chi connectivity index (χ3n) is 2.35. The van der Waals surface area contributed by atoms with Crippen molar-refractivity contribution in [1.82, 2.24) is 15.1 Å². The van der Waals surface area contributed by atoms with Crippen molar-refractivity contribution in [3.63, 3.8) is 0 Å². The van der Waals surface area contributed by atoms with Crippen LogP contribution in [0, 0.1) is 0 Å². The Kier molecular flexibility index (Phi) is 3.78. The summed E-state index contributed by atoms with van der Waals surface area (Å²) in [5.74, 6) is 0. The Balaban J connectivity index is 2.32. The molecule has 0 unspecified atom stereocenters. The molecular weight excluding hydrogens is 286 g/mol. The van der Waals surface area contributed by atoms with Crippen molar-refractivity contribution in [3.8, 4) is 10.4 Å². The largest absolute Gasteiger partial charge is 0.319 e. The van der Waals surface area contributed by atoms with E-state index in [9.17, 15) is 0 Å². The maximum Gasteiger partial charge on any atom is 0.0723 e. The summed E-state index contributed by atoms with van der Waals surface area (Å²) in [5, 5.41) is 9.76. The summed E-state index contributed by atoms with van der Waals surface area (Å²) in [6.45, 7) is 0.955. The number of hydrogen-bond acceptors (Lipinski definition) is 3. The highest BCUT2D eigenvalue weighted by molar-refractivity contribution is 9.10. The van der Waals surface area contributed by atoms with E-state index < -0.39 is 0 Å². The smallest absolute Gasteiger partial charge is 0.0723 e. The van der Waals surface area contributed by atoms with Crippen LogP contribution in [0.25, 0.3) is 10.4 Å². The zero-order valence-corrected chi connectivity index (χ0v) is 11.7. The number of aryl methyl sites for hydroxylation is 1. The molecule has 3 nitrogen and oxygen atoms in total. The highest BCUT2D eigenvalue weighted by Gasteiger charge is 2.11. The number of aromatic nitrogens is 2. The Labute approximate surface area is 108 Å². The number of rotatable bonds is 4. The fourth-order valence-electron chi connectivity index (χ4n) is 1.62. The maximum absolute atomic E-state index is 4.50. The zero-order valence-electron chi connectivity index (χ0n) is 9.33. The van der Waals surface area contributed by atoms with Crippen LogP contribution in [-0.4, -0.2) is 23.4 Å². The second-order valence-electron chi connectivity index (χ2n) is 3.65. The molecule has 5 heteroatoms. The first-order chi connectivity index (χ1) is 7.70. The zero-order chi connectivity index (χ0) is 11.5. The van der Waals surface area contributed by atoms with Crippen molar-refractivity contribution in [1.29, 1.82) is 0 Å². The van der Waals surface area contributed by atoms with Gasteiger partial charge < -0.3 is 5.32 Å². The van der Waals surface area contributed by atoms with Gasteiger partial charge in [-0.05, 0) is 29.0 Å². The molecule has 86 valence electrons. The van der Waals surface area contributed by atoms with E-state index in [1.54, 1.807) is 11.3 Å². The second-order valence-corrected chi connectivity index (χ2v) is 5.47. The average molecular weight is 300 g/mol. The quantitative estimate of drug-likeness (QED) is 0.941. The number of likely N-dealkylation sites (N-methyl/N-ethyl adjacent to an activating group) is 1. The first kappa shape index (κ1) is 11.8. The van der Waals surface area contributed by atoms with E-state index in [-0.39, 0.29) is 0 Å². The maximum atomic E-state index is 4.50. The molecule has 0 aliphatic heterocycles. The van der Waals surface area contributed by atoms with Crippen LogP contribution in [0.4, 0.5) is 0 Å². The summed E-state index contributed by atoms with van der Waals surface area (Å²) in [4.78, 5) is 1.27. The summed E-state index contributed by atoms with van der Waals surface area (Å²) < 4.78 is 3.02. The Hall–Kier alpha value is -0.650. The lowest BCUT2D eigenvalue weighted by Gasteiger charge is -1.99. The van der Waals surface area contributed by atoms with Crippen LogP contribution in [0.15, 0.2) is 22.1 Å². The normalized spacial score (nSPS) is 10.9. The van der Waals surface area contributed by atoms with Crippen LogP contribution in [0.1, 0.15) is 5.69 Å². The van der Waals surface area contributed by atoms with Crippen LogP contribution in [-0.2, 0) is 13.5 Å². The van der Waals surface area contributed by atoms with Crippen molar-refractivity contribution in [2.45, 2.75) is 6.42 Å². The Bertz CT molecular complexity index is 475. The number of hydrogen-bond donors (Lipinski definition) is 1. The van der Waals surface area contributed by atoms with E-state index in [0.717, 1.165) is 23.1 Å². The molecule has 0 fully saturated rings. The predicted molar refractivity (Wildman–Crippen MR) is 71.9 cm³/mol. The highest BCUT2D eigenvalue weighted by atomic mass is 79.9. The van der Waals surface area contributed by atoms with Crippen molar-refractivity contribution in [2.75, 3.05) is 13.6 Å². The van der Waals surface area contributed by atoms with Crippen LogP contribution in [0.3, 0.4) is 0 Å². The third kappa shape index (κ3) is 2.53. The van der Waals surface area contributed by atoms with Crippen LogP contribution in [0.5, 0.6) is 0 Å². The minimum Gasteiger partial charge on any atom is -0.319 e. The van der Waals surface area contributed by atoms with Gasteiger partial charge in [-0.3, -0.25) is 4.68 Å². The standard InChI is InChI=1S/C11H14BrN3S/c1-13-4-3-10-9(6-15(2)14-10)11-5-8(12)7-16-11/h5-7,13H,3-4H2,1-2H3. The number of nitrogens with zero attached hydrogens (tertiary/aromatic N) is 2. The minimum atomic E-state index is 0.955. The number of thiophene rings is 1. The van der Waals surface area contributed by atoms with Crippen LogP contribution < -0.4 is 5.32 Å². The SMILES string of the molecule is CNCCc1nn(C)cc1-c1cc(Br)cs1. The molecule has 0 aromatic carbocycles. The monoisotopic (exact) mass is 299 g/mol. The Morgan fingerprint density at radius 3 is 3.00 bits per heavy atom. The van der Waals surface area contributed by atoms with Gasteiger partial charge in [0, 0.05) is 46.5 Å². The first-order valence-corrected chi connectivity index (χ1v) is 6.79. The highest BCUT2D eigenvalue weighted by Crippen LogP contribution is 2.31. The van der Waals surface area contributed by atoms with E-state index in [4.69, 9.17) is 0 Å². The second kappa shape index (κ2) is 5.12. The summed E-state index contributed by atoms with van der Waals surface area (Å²) in [7, 11) is 3.93. The van der Waals surface area contributed by atoms with Crippen LogP contribution in [0.2, 0.25) is 0 Å². The van der Waals surface area contributed by atoms with Crippen molar-refractivity contribution >= 4 is 27.3 Å². The molecule has 0 saturated heterocycles. The van der Waals surface area contributed by atoms with Gasteiger partial charge in [0.15, 0.2) is 0 Å². The molecule has 0 amide bonds. The molecule has 0 radical (unpaired) electrons. The molecule has 2 aromatic rings. The van der Waals surface area contributed by atoms with Gasteiger partial charge in [-0.1, -0.05) is 0 Å². The summed E-state index contributed by atoms with van der Waals surface area (Å²) in [6.07, 6.45) is 3.05. The van der Waals surface area contributed by atoms with Crippen molar-refractivity contribution < 1.29 is 0 Å². The van der Waals surface area contributed by atoms with E-state index in [0.29, 0.717) is 0 Å². The lowest BCUT2D eigenvalue weighted by atomic mass is 10.1. The summed E-state index contributed by atoms with van der Waals surface area (Å²) >= 11 is 5.23.